The summed E-state index contributed by atoms with van der Waals surface area (Å²) < 4.78 is 10.8. The molecule has 0 saturated carbocycles. The molecule has 0 fully saturated rings. The van der Waals surface area contributed by atoms with E-state index >= 15 is 0 Å². The Morgan fingerprint density at radius 1 is 0.481 bits per heavy atom. The smallest absolute Gasteiger partial charge is 0.408 e. The number of hydrogen-bond acceptors (Lipinski definition) is 7. The highest BCUT2D eigenvalue weighted by Crippen LogP contribution is 2.16. The average molecular weight is 737 g/mol. The molecule has 1 unspecified atom stereocenters. The van der Waals surface area contributed by atoms with Gasteiger partial charge >= 0.3 is 12.2 Å². The van der Waals surface area contributed by atoms with Gasteiger partial charge in [0, 0.05) is 0 Å². The maximum atomic E-state index is 13.9. The van der Waals surface area contributed by atoms with Gasteiger partial charge in [-0.1, -0.05) is 149 Å². The van der Waals surface area contributed by atoms with Gasteiger partial charge in [0.1, 0.15) is 25.3 Å². The first-order chi connectivity index (χ1) is 26.0. The summed E-state index contributed by atoms with van der Waals surface area (Å²) in [5.41, 5.74) is 3.28. The molecule has 0 spiro atoms. The summed E-state index contributed by atoms with van der Waals surface area (Å²) in [5, 5.41) is 23.5. The van der Waals surface area contributed by atoms with Crippen LogP contribution < -0.4 is 21.3 Å². The van der Waals surface area contributed by atoms with Crippen LogP contribution in [0.25, 0.3) is 0 Å². The third-order valence-corrected chi connectivity index (χ3v) is 8.95. The molecule has 0 saturated heterocycles. The van der Waals surface area contributed by atoms with Gasteiger partial charge in [-0.3, -0.25) is 9.59 Å². The Kier molecular flexibility index (Phi) is 16.1. The zero-order valence-corrected chi connectivity index (χ0v) is 31.3. The zero-order valence-electron chi connectivity index (χ0n) is 31.3. The van der Waals surface area contributed by atoms with Gasteiger partial charge in [0.2, 0.25) is 11.8 Å². The van der Waals surface area contributed by atoms with Crippen LogP contribution in [0.2, 0.25) is 0 Å². The van der Waals surface area contributed by atoms with Crippen LogP contribution in [0.3, 0.4) is 0 Å². The zero-order chi connectivity index (χ0) is 38.9. The summed E-state index contributed by atoms with van der Waals surface area (Å²) >= 11 is 0. The fourth-order valence-electron chi connectivity index (χ4n) is 5.93. The van der Waals surface area contributed by atoms with Crippen LogP contribution >= 0.6 is 0 Å². The first kappa shape index (κ1) is 41.1. The van der Waals surface area contributed by atoms with Crippen LogP contribution in [0.15, 0.2) is 121 Å². The number of rotatable bonds is 18. The number of carbonyl (C=O) groups excluding carboxylic acids is 4. The highest BCUT2D eigenvalue weighted by molar-refractivity contribution is 5.87. The molecule has 0 aliphatic rings. The summed E-state index contributed by atoms with van der Waals surface area (Å²) in [6, 6.07) is 33.4. The van der Waals surface area contributed by atoms with E-state index in [-0.39, 0.29) is 37.9 Å². The molecule has 4 amide bonds. The molecule has 0 aliphatic heterocycles. The van der Waals surface area contributed by atoms with Crippen LogP contribution in [0.4, 0.5) is 9.59 Å². The summed E-state index contributed by atoms with van der Waals surface area (Å²) in [7, 11) is 0. The fraction of sp³-hybridized carbons (Fsp3) is 0.349. The largest absolute Gasteiger partial charge is 0.445 e. The van der Waals surface area contributed by atoms with Crippen LogP contribution in [-0.4, -0.2) is 59.4 Å². The number of benzene rings is 4. The predicted octanol–water partition coefficient (Wildman–Crippen LogP) is 5.70. The normalized spacial score (nSPS) is 13.8. The van der Waals surface area contributed by atoms with Crippen LogP contribution in [0, 0.1) is 11.8 Å². The summed E-state index contributed by atoms with van der Waals surface area (Å²) in [6.07, 6.45) is -2.38. The molecule has 0 bridgehead atoms. The maximum Gasteiger partial charge on any atom is 0.408 e. The molecule has 5 N–H and O–H groups in total. The first-order valence-corrected chi connectivity index (χ1v) is 18.3. The van der Waals surface area contributed by atoms with Gasteiger partial charge in [0.25, 0.3) is 0 Å². The predicted molar refractivity (Wildman–Crippen MR) is 207 cm³/mol. The van der Waals surface area contributed by atoms with Gasteiger partial charge in [-0.05, 0) is 46.9 Å². The molecule has 0 heterocycles. The fourth-order valence-corrected chi connectivity index (χ4v) is 5.93. The minimum Gasteiger partial charge on any atom is -0.445 e. The molecule has 11 nitrogen and oxygen atoms in total. The number of aliphatic hydroxyl groups is 1. The van der Waals surface area contributed by atoms with Crippen molar-refractivity contribution in [2.75, 3.05) is 0 Å². The van der Waals surface area contributed by atoms with Crippen molar-refractivity contribution < 1.29 is 33.8 Å². The second-order valence-electron chi connectivity index (χ2n) is 14.0. The van der Waals surface area contributed by atoms with Crippen molar-refractivity contribution in [3.8, 4) is 0 Å². The van der Waals surface area contributed by atoms with Gasteiger partial charge in [-0.2, -0.15) is 0 Å². The van der Waals surface area contributed by atoms with Crippen molar-refractivity contribution in [2.45, 2.75) is 84.0 Å². The first-order valence-electron chi connectivity index (χ1n) is 18.3. The van der Waals surface area contributed by atoms with Crippen molar-refractivity contribution in [3.05, 3.63) is 144 Å². The molecule has 4 aromatic carbocycles. The topological polar surface area (TPSA) is 155 Å². The highest BCUT2D eigenvalue weighted by Gasteiger charge is 2.35. The number of alkyl carbamates (subject to hydrolysis) is 2. The van der Waals surface area contributed by atoms with Crippen LogP contribution in [-0.2, 0) is 45.1 Å². The molecule has 0 aliphatic carbocycles. The standard InChI is InChI=1S/C43H52N4O7/c1-29(2)37(46-42(51)53-27-33-21-13-7-14-22-33)40(49)44-35(25-31-17-9-5-10-18-31)39(48)36(26-32-19-11-6-12-20-32)45-41(50)38(30(3)4)47-43(52)54-28-34-23-15-8-16-24-34/h5-24,29-30,35-39,48H,25-28H2,1-4H3,(H,44,49)(H,45,50)(H,46,51)(H,47,52)/t35-,36+,37-,38-,39?/m0/s1. The van der Waals surface area contributed by atoms with Crippen LogP contribution in [0.1, 0.15) is 49.9 Å². The number of amides is 4. The van der Waals surface area contributed by atoms with Crippen molar-refractivity contribution >= 4 is 24.0 Å². The second kappa shape index (κ2) is 21.1. The molecule has 4 aromatic rings. The van der Waals surface area contributed by atoms with Crippen LogP contribution in [0.5, 0.6) is 0 Å². The number of ether oxygens (including phenoxy) is 2. The Hall–Kier alpha value is -5.68. The molecule has 4 rings (SSSR count). The van der Waals surface area contributed by atoms with Gasteiger partial charge in [0.05, 0.1) is 18.2 Å². The van der Waals surface area contributed by atoms with Gasteiger partial charge in [0.15, 0.2) is 0 Å². The molecule has 0 aromatic heterocycles. The molecule has 11 heteroatoms. The highest BCUT2D eigenvalue weighted by atomic mass is 16.6. The maximum absolute atomic E-state index is 13.9. The lowest BCUT2D eigenvalue weighted by Crippen LogP contribution is -2.61. The summed E-state index contributed by atoms with van der Waals surface area (Å²) in [6.45, 7) is 7.26. The number of aliphatic hydroxyl groups excluding tert-OH is 1. The molecule has 0 radical (unpaired) electrons. The van der Waals surface area contributed by atoms with E-state index in [1.807, 2.05) is 121 Å². The molecular formula is C43H52N4O7. The van der Waals surface area contributed by atoms with E-state index < -0.39 is 54.3 Å². The summed E-state index contributed by atoms with van der Waals surface area (Å²) in [5.74, 6) is -1.70. The Bertz CT molecular complexity index is 1610. The number of hydrogen-bond donors (Lipinski definition) is 5. The SMILES string of the molecule is CC(C)[C@H](NC(=O)OCc1ccccc1)C(=O)N[C@@H](Cc1ccccc1)C(O)[C@@H](Cc1ccccc1)NC(=O)[C@@H](NC(=O)OCc1ccccc1)C(C)C. The van der Waals surface area contributed by atoms with Crippen molar-refractivity contribution in [1.82, 2.24) is 21.3 Å². The minimum atomic E-state index is -1.31. The third-order valence-electron chi connectivity index (χ3n) is 8.95. The minimum absolute atomic E-state index is 0.0340. The quantitative estimate of drug-likeness (QED) is 0.0878. The molecule has 286 valence electrons. The average Bonchev–Trinajstić information content (AvgIpc) is 3.17. The van der Waals surface area contributed by atoms with Gasteiger partial charge < -0.3 is 35.8 Å². The van der Waals surface area contributed by atoms with Gasteiger partial charge in [-0.25, -0.2) is 9.59 Å². The molecule has 54 heavy (non-hydrogen) atoms. The second-order valence-corrected chi connectivity index (χ2v) is 14.0. The van der Waals surface area contributed by atoms with E-state index in [1.54, 1.807) is 27.7 Å². The van der Waals surface area contributed by atoms with E-state index in [2.05, 4.69) is 21.3 Å². The van der Waals surface area contributed by atoms with Crippen molar-refractivity contribution in [2.24, 2.45) is 11.8 Å². The lowest BCUT2D eigenvalue weighted by atomic mass is 9.91. The lowest BCUT2D eigenvalue weighted by Gasteiger charge is -2.34. The van der Waals surface area contributed by atoms with E-state index in [1.165, 1.54) is 0 Å². The summed E-state index contributed by atoms with van der Waals surface area (Å²) in [4.78, 5) is 53.6. The van der Waals surface area contributed by atoms with E-state index in [9.17, 15) is 24.3 Å². The van der Waals surface area contributed by atoms with Crippen molar-refractivity contribution in [3.63, 3.8) is 0 Å². The number of carbonyl (C=O) groups is 4. The Labute approximate surface area is 317 Å². The third kappa shape index (κ3) is 13.4. The van der Waals surface area contributed by atoms with E-state index in [0.717, 1.165) is 22.3 Å². The monoisotopic (exact) mass is 736 g/mol. The van der Waals surface area contributed by atoms with E-state index in [4.69, 9.17) is 9.47 Å². The lowest BCUT2D eigenvalue weighted by molar-refractivity contribution is -0.126. The van der Waals surface area contributed by atoms with E-state index in [0.29, 0.717) is 0 Å². The Morgan fingerprint density at radius 2 is 0.778 bits per heavy atom. The molecule has 5 atom stereocenters. The number of nitrogens with one attached hydrogen (secondary N) is 4. The Balaban J connectivity index is 1.54. The Morgan fingerprint density at radius 3 is 1.07 bits per heavy atom. The molecular weight excluding hydrogens is 684 g/mol. The van der Waals surface area contributed by atoms with Crippen molar-refractivity contribution in [1.29, 1.82) is 0 Å². The van der Waals surface area contributed by atoms with Gasteiger partial charge in [-0.15, -0.1) is 0 Å².